The zero-order chi connectivity index (χ0) is 6.41. The van der Waals surface area contributed by atoms with E-state index in [-0.39, 0.29) is 0 Å². The smallest absolute Gasteiger partial charge is 0.0653 e. The van der Waals surface area contributed by atoms with Crippen molar-refractivity contribution in [1.29, 1.82) is 5.26 Å². The van der Waals surface area contributed by atoms with Gasteiger partial charge in [0.05, 0.1) is 2.88 Å². The van der Waals surface area contributed by atoms with Gasteiger partial charge in [-0.1, -0.05) is 6.07 Å². The van der Waals surface area contributed by atoms with Crippen LogP contribution in [0.15, 0.2) is 17.5 Å². The predicted molar refractivity (Wildman–Crippen MR) is 43.7 cm³/mol. The molecule has 0 saturated heterocycles. The maximum atomic E-state index is 6.50. The van der Waals surface area contributed by atoms with E-state index >= 15 is 0 Å². The highest BCUT2D eigenvalue weighted by Crippen LogP contribution is 2.09. The van der Waals surface area contributed by atoms with Crippen molar-refractivity contribution in [2.24, 2.45) is 0 Å². The molecule has 0 spiro atoms. The van der Waals surface area contributed by atoms with Crippen molar-refractivity contribution in [3.63, 3.8) is 0 Å². The van der Waals surface area contributed by atoms with Crippen molar-refractivity contribution in [3.05, 3.63) is 20.4 Å². The molecular weight excluding hydrogens is 233 g/mol. The lowest BCUT2D eigenvalue weighted by Gasteiger charge is -1.62. The van der Waals surface area contributed by atoms with E-state index in [2.05, 4.69) is 40.6 Å². The van der Waals surface area contributed by atoms with E-state index < -0.39 is 0 Å². The molecule has 0 aromatic carbocycles. The zero-order valence-corrected chi connectivity index (χ0v) is 7.02. The SMILES string of the molecule is C#N.Ic1cccs1. The average molecular weight is 237 g/mol. The summed E-state index contributed by atoms with van der Waals surface area (Å²) in [4.78, 5) is 0. The Balaban J connectivity index is 0.000000222. The minimum absolute atomic E-state index is 1.35. The highest BCUT2D eigenvalue weighted by atomic mass is 127. The molecule has 0 amide bonds. The lowest BCUT2D eigenvalue weighted by atomic mass is 10.7. The van der Waals surface area contributed by atoms with Gasteiger partial charge < -0.3 is 0 Å². The summed E-state index contributed by atoms with van der Waals surface area (Å²) in [5, 5.41) is 8.57. The van der Waals surface area contributed by atoms with Gasteiger partial charge in [-0.15, -0.1) is 11.3 Å². The maximum Gasteiger partial charge on any atom is 0.0653 e. The van der Waals surface area contributed by atoms with E-state index in [9.17, 15) is 0 Å². The maximum absolute atomic E-state index is 6.50. The van der Waals surface area contributed by atoms with E-state index in [4.69, 9.17) is 5.26 Å². The highest BCUT2D eigenvalue weighted by molar-refractivity contribution is 14.1. The van der Waals surface area contributed by atoms with Crippen molar-refractivity contribution in [2.45, 2.75) is 0 Å². The van der Waals surface area contributed by atoms with Gasteiger partial charge in [0, 0.05) is 6.57 Å². The molecule has 0 radical (unpaired) electrons. The van der Waals surface area contributed by atoms with Crippen molar-refractivity contribution in [2.75, 3.05) is 0 Å². The lowest BCUT2D eigenvalue weighted by Crippen LogP contribution is -1.38. The fraction of sp³-hybridized carbons (Fsp3) is 0. The third kappa shape index (κ3) is 2.99. The van der Waals surface area contributed by atoms with Gasteiger partial charge in [-0.3, -0.25) is 0 Å². The van der Waals surface area contributed by atoms with Crippen molar-refractivity contribution in [1.82, 2.24) is 0 Å². The summed E-state index contributed by atoms with van der Waals surface area (Å²) in [5.41, 5.74) is 0. The molecule has 0 atom stereocenters. The minimum Gasteiger partial charge on any atom is -0.202 e. The van der Waals surface area contributed by atoms with Crippen LogP contribution < -0.4 is 0 Å². The van der Waals surface area contributed by atoms with Crippen LogP contribution in [0.2, 0.25) is 0 Å². The first-order chi connectivity index (χ1) is 3.89. The van der Waals surface area contributed by atoms with Crippen LogP contribution in [-0.4, -0.2) is 0 Å². The Morgan fingerprint density at radius 3 is 2.38 bits per heavy atom. The Hall–Kier alpha value is -0.0800. The molecule has 0 saturated carbocycles. The van der Waals surface area contributed by atoms with Crippen LogP contribution in [-0.2, 0) is 0 Å². The van der Waals surface area contributed by atoms with Crippen LogP contribution in [0.3, 0.4) is 0 Å². The molecule has 1 aromatic heterocycles. The van der Waals surface area contributed by atoms with Gasteiger partial charge in [-0.25, -0.2) is 5.26 Å². The molecule has 0 aliphatic carbocycles. The molecule has 3 heteroatoms. The molecule has 1 nitrogen and oxygen atoms in total. The minimum atomic E-state index is 1.35. The van der Waals surface area contributed by atoms with Crippen molar-refractivity contribution in [3.8, 4) is 6.57 Å². The Morgan fingerprint density at radius 1 is 1.62 bits per heavy atom. The molecule has 0 aliphatic rings. The molecule has 8 heavy (non-hydrogen) atoms. The summed E-state index contributed by atoms with van der Waals surface area (Å²) in [7, 11) is 0. The third-order valence-electron chi connectivity index (χ3n) is 0.486. The molecule has 1 heterocycles. The predicted octanol–water partition coefficient (Wildman–Crippen LogP) is 2.49. The zero-order valence-electron chi connectivity index (χ0n) is 4.04. The second-order valence-corrected chi connectivity index (χ2v) is 3.76. The van der Waals surface area contributed by atoms with E-state index in [1.54, 1.807) is 11.3 Å². The fourth-order valence-corrected chi connectivity index (χ4v) is 1.35. The van der Waals surface area contributed by atoms with E-state index in [0.717, 1.165) is 0 Å². The fourth-order valence-electron chi connectivity index (χ4n) is 0.259. The number of nitrogens with zero attached hydrogens (tertiary/aromatic N) is 1. The normalized spacial score (nSPS) is 6.88. The highest BCUT2D eigenvalue weighted by Gasteiger charge is 1.77. The summed E-state index contributed by atoms with van der Waals surface area (Å²) < 4.78 is 1.35. The first-order valence-electron chi connectivity index (χ1n) is 1.84. The van der Waals surface area contributed by atoms with E-state index in [1.807, 2.05) is 6.07 Å². The molecule has 0 aliphatic heterocycles. The third-order valence-corrected chi connectivity index (χ3v) is 2.26. The van der Waals surface area contributed by atoms with Crippen LogP contribution in [0.4, 0.5) is 0 Å². The average Bonchev–Trinajstić information content (AvgIpc) is 2.24. The Labute approximate surface area is 66.1 Å². The van der Waals surface area contributed by atoms with Crippen LogP contribution in [0, 0.1) is 14.7 Å². The second kappa shape index (κ2) is 5.06. The summed E-state index contributed by atoms with van der Waals surface area (Å²) in [6.07, 6.45) is 0. The van der Waals surface area contributed by atoms with Crippen LogP contribution >= 0.6 is 33.9 Å². The van der Waals surface area contributed by atoms with Gasteiger partial charge in [0.1, 0.15) is 0 Å². The number of hydrogen-bond acceptors (Lipinski definition) is 2. The first-order valence-corrected chi connectivity index (χ1v) is 3.80. The Kier molecular flexibility index (Phi) is 5.01. The number of nitriles is 1. The summed E-state index contributed by atoms with van der Waals surface area (Å²) in [6.45, 7) is 3.50. The molecule has 0 N–H and O–H groups in total. The molecule has 1 aromatic rings. The van der Waals surface area contributed by atoms with Gasteiger partial charge in [-0.05, 0) is 34.0 Å². The Bertz CT molecular complexity index is 145. The molecule has 0 fully saturated rings. The summed E-state index contributed by atoms with van der Waals surface area (Å²) in [5.74, 6) is 0. The van der Waals surface area contributed by atoms with Crippen molar-refractivity contribution < 1.29 is 0 Å². The lowest BCUT2D eigenvalue weighted by molar-refractivity contribution is 1.58. The van der Waals surface area contributed by atoms with Crippen LogP contribution in [0.1, 0.15) is 0 Å². The van der Waals surface area contributed by atoms with E-state index in [0.29, 0.717) is 0 Å². The molecular formula is C5H4INS. The van der Waals surface area contributed by atoms with Crippen LogP contribution in [0.25, 0.3) is 0 Å². The van der Waals surface area contributed by atoms with Crippen molar-refractivity contribution >= 4 is 33.9 Å². The topological polar surface area (TPSA) is 23.8 Å². The number of thiophene rings is 1. The number of hydrogen-bond donors (Lipinski definition) is 0. The first kappa shape index (κ1) is 7.92. The largest absolute Gasteiger partial charge is 0.202 e. The summed E-state index contributed by atoms with van der Waals surface area (Å²) >= 11 is 4.06. The second-order valence-electron chi connectivity index (χ2n) is 0.917. The molecule has 0 unspecified atom stereocenters. The Morgan fingerprint density at radius 2 is 2.25 bits per heavy atom. The molecule has 42 valence electrons. The van der Waals surface area contributed by atoms with Gasteiger partial charge in [0.25, 0.3) is 0 Å². The van der Waals surface area contributed by atoms with Gasteiger partial charge in [0.2, 0.25) is 0 Å². The van der Waals surface area contributed by atoms with Gasteiger partial charge >= 0.3 is 0 Å². The summed E-state index contributed by atoms with van der Waals surface area (Å²) in [6, 6.07) is 4.14. The van der Waals surface area contributed by atoms with Gasteiger partial charge in [0.15, 0.2) is 0 Å². The standard InChI is InChI=1S/C4H3IS.CHN/c5-4-2-1-3-6-4;1-2/h1-3H;1H. The van der Waals surface area contributed by atoms with Crippen LogP contribution in [0.5, 0.6) is 0 Å². The number of rotatable bonds is 0. The van der Waals surface area contributed by atoms with Gasteiger partial charge in [-0.2, -0.15) is 0 Å². The van der Waals surface area contributed by atoms with E-state index in [1.165, 1.54) is 2.88 Å². The molecule has 1 rings (SSSR count). The monoisotopic (exact) mass is 237 g/mol. The number of halogens is 1. The quantitative estimate of drug-likeness (QED) is 0.636. The molecule has 0 bridgehead atoms.